The van der Waals surface area contributed by atoms with E-state index in [2.05, 4.69) is 20.6 Å². The molecule has 8 heteroatoms. The van der Waals surface area contributed by atoms with Gasteiger partial charge in [0.2, 0.25) is 5.88 Å². The van der Waals surface area contributed by atoms with Crippen molar-refractivity contribution >= 4 is 29.9 Å². The molecule has 0 fully saturated rings. The summed E-state index contributed by atoms with van der Waals surface area (Å²) in [6.07, 6.45) is 1.64. The maximum Gasteiger partial charge on any atom is 0.218 e. The van der Waals surface area contributed by atoms with Crippen LogP contribution in [0.1, 0.15) is 19.4 Å². The summed E-state index contributed by atoms with van der Waals surface area (Å²) in [6.45, 7) is 6.88. The molecule has 1 aromatic carbocycles. The molecule has 0 amide bonds. The molecule has 0 saturated carbocycles. The molecule has 28 heavy (non-hydrogen) atoms. The Bertz CT molecular complexity index is 773. The van der Waals surface area contributed by atoms with Crippen molar-refractivity contribution in [2.24, 2.45) is 4.99 Å². The van der Waals surface area contributed by atoms with Crippen molar-refractivity contribution in [2.45, 2.75) is 26.5 Å². The number of halogens is 1. The SMILES string of the molecule is CCNC(=NCc1cccnc1OCC)NCC1COc2ccccc2O1.I. The van der Waals surface area contributed by atoms with Crippen LogP contribution in [0.4, 0.5) is 0 Å². The van der Waals surface area contributed by atoms with Gasteiger partial charge < -0.3 is 24.8 Å². The molecular weight excluding hydrogens is 471 g/mol. The van der Waals surface area contributed by atoms with Crippen LogP contribution in [-0.2, 0) is 6.54 Å². The number of benzene rings is 1. The number of aromatic nitrogens is 1. The van der Waals surface area contributed by atoms with Crippen molar-refractivity contribution < 1.29 is 14.2 Å². The lowest BCUT2D eigenvalue weighted by molar-refractivity contribution is 0.0936. The van der Waals surface area contributed by atoms with Crippen LogP contribution in [0.15, 0.2) is 47.6 Å². The summed E-state index contributed by atoms with van der Waals surface area (Å²) in [5.74, 6) is 2.90. The molecule has 2 N–H and O–H groups in total. The quantitative estimate of drug-likeness (QED) is 0.348. The zero-order chi connectivity index (χ0) is 18.9. The number of hydrogen-bond acceptors (Lipinski definition) is 5. The van der Waals surface area contributed by atoms with Gasteiger partial charge in [-0.25, -0.2) is 9.98 Å². The van der Waals surface area contributed by atoms with Crippen LogP contribution in [0.2, 0.25) is 0 Å². The number of ether oxygens (including phenoxy) is 3. The first-order valence-electron chi connectivity index (χ1n) is 9.27. The van der Waals surface area contributed by atoms with Crippen LogP contribution in [0.5, 0.6) is 17.4 Å². The highest BCUT2D eigenvalue weighted by Crippen LogP contribution is 2.30. The smallest absolute Gasteiger partial charge is 0.218 e. The number of nitrogens with zero attached hydrogens (tertiary/aromatic N) is 2. The zero-order valence-electron chi connectivity index (χ0n) is 16.2. The molecule has 1 aliphatic rings. The Morgan fingerprint density at radius 3 is 2.79 bits per heavy atom. The normalized spacial score (nSPS) is 15.4. The average molecular weight is 498 g/mol. The molecule has 0 saturated heterocycles. The van der Waals surface area contributed by atoms with E-state index in [1.165, 1.54) is 0 Å². The van der Waals surface area contributed by atoms with Gasteiger partial charge in [0.25, 0.3) is 0 Å². The molecule has 3 rings (SSSR count). The number of rotatable bonds is 7. The van der Waals surface area contributed by atoms with E-state index in [1.807, 2.05) is 50.2 Å². The van der Waals surface area contributed by atoms with Crippen molar-refractivity contribution in [1.82, 2.24) is 15.6 Å². The van der Waals surface area contributed by atoms with Crippen LogP contribution in [0.3, 0.4) is 0 Å². The second-order valence-electron chi connectivity index (χ2n) is 5.97. The summed E-state index contributed by atoms with van der Waals surface area (Å²) in [7, 11) is 0. The fourth-order valence-corrected chi connectivity index (χ4v) is 2.69. The Morgan fingerprint density at radius 2 is 2.00 bits per heavy atom. The minimum Gasteiger partial charge on any atom is -0.486 e. The Kier molecular flexibility index (Phi) is 9.12. The third-order valence-corrected chi connectivity index (χ3v) is 3.95. The lowest BCUT2D eigenvalue weighted by Gasteiger charge is -2.27. The molecule has 7 nitrogen and oxygen atoms in total. The third kappa shape index (κ3) is 6.15. The Hall–Kier alpha value is -2.23. The van der Waals surface area contributed by atoms with Crippen LogP contribution in [0, 0.1) is 0 Å². The first-order chi connectivity index (χ1) is 13.3. The summed E-state index contributed by atoms with van der Waals surface area (Å²) in [5.41, 5.74) is 0.947. The standard InChI is InChI=1S/C20H26N4O3.HI/c1-3-21-20(23-12-15-8-7-11-22-19(15)25-4-2)24-13-16-14-26-17-9-5-6-10-18(17)27-16;/h5-11,16H,3-4,12-14H2,1-2H3,(H2,21,23,24);1H. The van der Waals surface area contributed by atoms with Gasteiger partial charge in [-0.1, -0.05) is 18.2 Å². The predicted octanol–water partition coefficient (Wildman–Crippen LogP) is 2.99. The maximum absolute atomic E-state index is 5.97. The van der Waals surface area contributed by atoms with Gasteiger partial charge in [0.05, 0.1) is 19.7 Å². The number of hydrogen-bond donors (Lipinski definition) is 2. The van der Waals surface area contributed by atoms with Gasteiger partial charge in [-0.3, -0.25) is 0 Å². The summed E-state index contributed by atoms with van der Waals surface area (Å²) in [5, 5.41) is 6.56. The van der Waals surface area contributed by atoms with Gasteiger partial charge in [-0.05, 0) is 32.0 Å². The van der Waals surface area contributed by atoms with E-state index in [0.717, 1.165) is 23.6 Å². The van der Waals surface area contributed by atoms with Crippen molar-refractivity contribution in [3.8, 4) is 17.4 Å². The number of pyridine rings is 1. The maximum atomic E-state index is 5.97. The fraction of sp³-hybridized carbons (Fsp3) is 0.400. The Balaban J connectivity index is 0.00000280. The largest absolute Gasteiger partial charge is 0.486 e. The van der Waals surface area contributed by atoms with Crippen molar-refractivity contribution in [2.75, 3.05) is 26.3 Å². The number of aliphatic imine (C=N–C) groups is 1. The lowest BCUT2D eigenvalue weighted by Crippen LogP contribution is -2.45. The molecule has 1 aliphatic heterocycles. The van der Waals surface area contributed by atoms with E-state index in [-0.39, 0.29) is 30.1 Å². The highest BCUT2D eigenvalue weighted by atomic mass is 127. The molecule has 2 aromatic rings. The molecule has 0 aliphatic carbocycles. The van der Waals surface area contributed by atoms with Crippen LogP contribution in [0.25, 0.3) is 0 Å². The molecule has 1 atom stereocenters. The van der Waals surface area contributed by atoms with Gasteiger partial charge in [0, 0.05) is 18.3 Å². The highest BCUT2D eigenvalue weighted by molar-refractivity contribution is 14.0. The summed E-state index contributed by atoms with van der Waals surface area (Å²) in [4.78, 5) is 8.90. The van der Waals surface area contributed by atoms with E-state index in [9.17, 15) is 0 Å². The zero-order valence-corrected chi connectivity index (χ0v) is 18.5. The first kappa shape index (κ1) is 22.1. The first-order valence-corrected chi connectivity index (χ1v) is 9.27. The van der Waals surface area contributed by atoms with Gasteiger partial charge in [-0.2, -0.15) is 0 Å². The molecule has 0 spiro atoms. The lowest BCUT2D eigenvalue weighted by atomic mass is 10.2. The fourth-order valence-electron chi connectivity index (χ4n) is 2.69. The monoisotopic (exact) mass is 498 g/mol. The van der Waals surface area contributed by atoms with Gasteiger partial charge >= 0.3 is 0 Å². The second-order valence-corrected chi connectivity index (χ2v) is 5.97. The Labute approximate surface area is 182 Å². The van der Waals surface area contributed by atoms with Crippen molar-refractivity contribution in [3.63, 3.8) is 0 Å². The number of para-hydroxylation sites is 2. The topological polar surface area (TPSA) is 77.0 Å². The van der Waals surface area contributed by atoms with E-state index < -0.39 is 0 Å². The van der Waals surface area contributed by atoms with Crippen LogP contribution >= 0.6 is 24.0 Å². The number of guanidine groups is 1. The molecule has 1 unspecified atom stereocenters. The minimum atomic E-state index is -0.0823. The van der Waals surface area contributed by atoms with E-state index in [1.54, 1.807) is 6.20 Å². The molecule has 1 aromatic heterocycles. The van der Waals surface area contributed by atoms with E-state index in [4.69, 9.17) is 14.2 Å². The summed E-state index contributed by atoms with van der Waals surface area (Å²) in [6, 6.07) is 11.6. The van der Waals surface area contributed by atoms with Crippen molar-refractivity contribution in [1.29, 1.82) is 0 Å². The van der Waals surface area contributed by atoms with Gasteiger partial charge in [0.15, 0.2) is 17.5 Å². The molecule has 2 heterocycles. The highest BCUT2D eigenvalue weighted by Gasteiger charge is 2.20. The molecule has 0 radical (unpaired) electrons. The Morgan fingerprint density at radius 1 is 1.18 bits per heavy atom. The predicted molar refractivity (Wildman–Crippen MR) is 120 cm³/mol. The van der Waals surface area contributed by atoms with Crippen LogP contribution in [-0.4, -0.2) is 43.4 Å². The molecular formula is C20H27IN4O3. The van der Waals surface area contributed by atoms with Crippen molar-refractivity contribution in [3.05, 3.63) is 48.2 Å². The number of nitrogens with one attached hydrogen (secondary N) is 2. The average Bonchev–Trinajstić information content (AvgIpc) is 2.71. The number of fused-ring (bicyclic) bond motifs is 1. The minimum absolute atomic E-state index is 0. The second kappa shape index (κ2) is 11.6. The summed E-state index contributed by atoms with van der Waals surface area (Å²) < 4.78 is 17.3. The third-order valence-electron chi connectivity index (χ3n) is 3.95. The summed E-state index contributed by atoms with van der Waals surface area (Å²) >= 11 is 0. The van der Waals surface area contributed by atoms with E-state index >= 15 is 0 Å². The molecule has 152 valence electrons. The van der Waals surface area contributed by atoms with Gasteiger partial charge in [0.1, 0.15) is 12.7 Å². The van der Waals surface area contributed by atoms with Gasteiger partial charge in [-0.15, -0.1) is 24.0 Å². The van der Waals surface area contributed by atoms with Crippen LogP contribution < -0.4 is 24.8 Å². The van der Waals surface area contributed by atoms with E-state index in [0.29, 0.717) is 38.1 Å². The molecule has 0 bridgehead atoms.